The number of nitrogens with zero attached hydrogens (tertiary/aromatic N) is 2. The molecule has 5 rings (SSSR count). The minimum absolute atomic E-state index is 0.377. The molecule has 5 heteroatoms. The van der Waals surface area contributed by atoms with Gasteiger partial charge in [-0.3, -0.25) is 0 Å². The SMILES string of the molecule is [2H]OC(CCN(C)C)(c1cccc2ccccc12)C(c1ccccc1)c1cc2cc(Br)ccc2nc1OC. The van der Waals surface area contributed by atoms with E-state index in [1.807, 2.05) is 56.6 Å². The predicted octanol–water partition coefficient (Wildman–Crippen LogP) is 7.13. The number of rotatable bonds is 9. The van der Waals surface area contributed by atoms with Crippen molar-refractivity contribution in [3.63, 3.8) is 0 Å². The van der Waals surface area contributed by atoms with Gasteiger partial charge in [0.1, 0.15) is 5.60 Å². The first kappa shape index (κ1) is 24.1. The molecule has 0 aliphatic rings. The topological polar surface area (TPSA) is 45.6 Å². The Morgan fingerprint density at radius 1 is 0.946 bits per heavy atom. The highest BCUT2D eigenvalue weighted by Gasteiger charge is 2.43. The highest BCUT2D eigenvalue weighted by molar-refractivity contribution is 9.10. The van der Waals surface area contributed by atoms with Crippen molar-refractivity contribution >= 4 is 37.6 Å². The number of halogens is 1. The van der Waals surface area contributed by atoms with Gasteiger partial charge < -0.3 is 14.7 Å². The molecule has 0 aliphatic heterocycles. The summed E-state index contributed by atoms with van der Waals surface area (Å²) in [5, 5.41) is 9.18. The van der Waals surface area contributed by atoms with Gasteiger partial charge in [-0.2, -0.15) is 0 Å². The number of pyridine rings is 1. The second kappa shape index (κ2) is 10.6. The molecule has 4 aromatic carbocycles. The standard InChI is InChI=1S/C32H31BrN2O2/c1-35(2)19-18-32(36,28-15-9-13-22-10-7-8-14-26(22)28)30(23-11-5-4-6-12-23)27-21-24-20-25(33)16-17-29(24)34-31(27)37-3/h4-17,20-21,30,36H,18-19H2,1-3H3/i36D. The first-order valence-electron chi connectivity index (χ1n) is 12.8. The van der Waals surface area contributed by atoms with Gasteiger partial charge in [-0.1, -0.05) is 88.7 Å². The van der Waals surface area contributed by atoms with Crippen molar-refractivity contribution in [2.24, 2.45) is 0 Å². The van der Waals surface area contributed by atoms with E-state index in [0.717, 1.165) is 49.4 Å². The summed E-state index contributed by atoms with van der Waals surface area (Å²) >= 11 is 3.61. The van der Waals surface area contributed by atoms with Gasteiger partial charge in [0, 0.05) is 27.9 Å². The van der Waals surface area contributed by atoms with E-state index in [1.165, 1.54) is 0 Å². The van der Waals surface area contributed by atoms with E-state index in [4.69, 9.17) is 16.3 Å². The molecule has 37 heavy (non-hydrogen) atoms. The van der Waals surface area contributed by atoms with Crippen LogP contribution in [0.4, 0.5) is 0 Å². The van der Waals surface area contributed by atoms with Gasteiger partial charge in [0.15, 0.2) is 0 Å². The number of hydrogen-bond acceptors (Lipinski definition) is 4. The summed E-state index contributed by atoms with van der Waals surface area (Å²) in [6, 6.07) is 33.0. The molecule has 1 heterocycles. The summed E-state index contributed by atoms with van der Waals surface area (Å²) in [6.07, 6.45) is 0.580. The number of aliphatic hydroxyl groups is 1. The first-order valence-corrected chi connectivity index (χ1v) is 13.2. The second-order valence-electron chi connectivity index (χ2n) is 9.74. The van der Waals surface area contributed by atoms with Gasteiger partial charge in [0.2, 0.25) is 7.31 Å². The van der Waals surface area contributed by atoms with Gasteiger partial charge in [-0.25, -0.2) is 4.98 Å². The fourth-order valence-electron chi connectivity index (χ4n) is 5.28. The molecule has 0 saturated heterocycles. The molecule has 0 bridgehead atoms. The molecule has 1 aromatic heterocycles. The van der Waals surface area contributed by atoms with Crippen molar-refractivity contribution in [3.05, 3.63) is 118 Å². The third-order valence-corrected chi connectivity index (χ3v) is 7.54. The quantitative estimate of drug-likeness (QED) is 0.210. The normalized spacial score (nSPS) is 14.5. The minimum Gasteiger partial charge on any atom is -0.481 e. The highest BCUT2D eigenvalue weighted by atomic mass is 79.9. The third-order valence-electron chi connectivity index (χ3n) is 7.05. The van der Waals surface area contributed by atoms with Crippen LogP contribution in [0.3, 0.4) is 0 Å². The van der Waals surface area contributed by atoms with E-state index in [-0.39, 0.29) is 5.92 Å². The Morgan fingerprint density at radius 2 is 1.70 bits per heavy atom. The summed E-state index contributed by atoms with van der Waals surface area (Å²) < 4.78 is 15.6. The van der Waals surface area contributed by atoms with E-state index in [2.05, 4.69) is 75.4 Å². The Bertz CT molecular complexity index is 1550. The van der Waals surface area contributed by atoms with E-state index < -0.39 is 5.60 Å². The van der Waals surface area contributed by atoms with E-state index in [0.29, 0.717) is 12.3 Å². The molecule has 0 fully saturated rings. The van der Waals surface area contributed by atoms with E-state index >= 15 is 0 Å². The predicted molar refractivity (Wildman–Crippen MR) is 155 cm³/mol. The fourth-order valence-corrected chi connectivity index (χ4v) is 5.66. The zero-order valence-corrected chi connectivity index (χ0v) is 22.9. The largest absolute Gasteiger partial charge is 0.481 e. The molecule has 1 N–H and O–H groups in total. The number of ether oxygens (including phenoxy) is 1. The Balaban J connectivity index is 1.87. The molecule has 2 unspecified atom stereocenters. The lowest BCUT2D eigenvalue weighted by Crippen LogP contribution is -2.38. The van der Waals surface area contributed by atoms with Crippen LogP contribution in [0.2, 0.25) is 0 Å². The molecule has 5 aromatic rings. The number of methoxy groups -OCH3 is 1. The number of benzene rings is 4. The van der Waals surface area contributed by atoms with Gasteiger partial charge in [0.25, 0.3) is 0 Å². The molecule has 0 aliphatic carbocycles. The zero-order chi connectivity index (χ0) is 26.7. The van der Waals surface area contributed by atoms with Crippen LogP contribution in [-0.4, -0.2) is 44.2 Å². The van der Waals surface area contributed by atoms with Crippen LogP contribution in [-0.2, 0) is 5.60 Å². The van der Waals surface area contributed by atoms with Crippen LogP contribution in [0.25, 0.3) is 21.7 Å². The lowest BCUT2D eigenvalue weighted by molar-refractivity contribution is 0.00520. The first-order chi connectivity index (χ1) is 18.5. The van der Waals surface area contributed by atoms with Gasteiger partial charge >= 0.3 is 0 Å². The van der Waals surface area contributed by atoms with Crippen molar-refractivity contribution < 1.29 is 9.85 Å². The van der Waals surface area contributed by atoms with Crippen LogP contribution in [0, 0.1) is 0 Å². The maximum Gasteiger partial charge on any atom is 0.217 e. The average molecular weight is 557 g/mol. The lowest BCUT2D eigenvalue weighted by Gasteiger charge is -2.39. The molecule has 4 nitrogen and oxygen atoms in total. The average Bonchev–Trinajstić information content (AvgIpc) is 2.95. The van der Waals surface area contributed by atoms with Crippen LogP contribution >= 0.6 is 15.9 Å². The number of fused-ring (bicyclic) bond motifs is 2. The summed E-state index contributed by atoms with van der Waals surface area (Å²) in [4.78, 5) is 7.04. The van der Waals surface area contributed by atoms with Crippen LogP contribution in [0.5, 0.6) is 5.88 Å². The highest BCUT2D eigenvalue weighted by Crippen LogP contribution is 2.49. The molecule has 0 spiro atoms. The smallest absolute Gasteiger partial charge is 0.217 e. The zero-order valence-electron chi connectivity index (χ0n) is 22.3. The van der Waals surface area contributed by atoms with Gasteiger partial charge in [0.05, 0.1) is 12.6 Å². The summed E-state index contributed by atoms with van der Waals surface area (Å²) in [6.45, 7) is 0.723. The van der Waals surface area contributed by atoms with E-state index in [1.54, 1.807) is 7.11 Å². The Hall–Kier alpha value is -3.25. The number of hydrogen-bond donors (Lipinski definition) is 1. The summed E-state index contributed by atoms with van der Waals surface area (Å²) in [7, 11) is 5.75. The Labute approximate surface area is 228 Å². The maximum absolute atomic E-state index is 8.73. The third kappa shape index (κ3) is 4.99. The van der Waals surface area contributed by atoms with Crippen molar-refractivity contribution in [1.82, 2.24) is 9.88 Å². The second-order valence-corrected chi connectivity index (χ2v) is 10.7. The Kier molecular flexibility index (Phi) is 6.92. The maximum atomic E-state index is 8.73. The molecule has 188 valence electrons. The lowest BCUT2D eigenvalue weighted by atomic mass is 9.70. The van der Waals surface area contributed by atoms with E-state index in [9.17, 15) is 0 Å². The van der Waals surface area contributed by atoms with Crippen LogP contribution in [0.15, 0.2) is 102 Å². The van der Waals surface area contributed by atoms with Crippen LogP contribution in [0.1, 0.15) is 29.0 Å². The molecule has 2 atom stereocenters. The fraction of sp³-hybridized carbons (Fsp3) is 0.219. The van der Waals surface area contributed by atoms with Gasteiger partial charge in [-0.05, 0) is 66.7 Å². The Morgan fingerprint density at radius 3 is 2.46 bits per heavy atom. The number of aromatic nitrogens is 1. The molecule has 0 radical (unpaired) electrons. The van der Waals surface area contributed by atoms with Crippen molar-refractivity contribution in [3.8, 4) is 5.88 Å². The van der Waals surface area contributed by atoms with Crippen molar-refractivity contribution in [2.75, 3.05) is 27.7 Å². The minimum atomic E-state index is -1.04. The molecular weight excluding hydrogens is 524 g/mol. The van der Waals surface area contributed by atoms with Crippen molar-refractivity contribution in [2.45, 2.75) is 17.9 Å². The molecule has 0 saturated carbocycles. The van der Waals surface area contributed by atoms with Gasteiger partial charge in [-0.15, -0.1) is 0 Å². The monoisotopic (exact) mass is 555 g/mol. The molecular formula is C32H31BrN2O2. The summed E-state index contributed by atoms with van der Waals surface area (Å²) in [5.74, 6) is 0.151. The molecule has 0 amide bonds. The van der Waals surface area contributed by atoms with Crippen LogP contribution < -0.4 is 4.74 Å². The summed E-state index contributed by atoms with van der Waals surface area (Å²) in [5.41, 5.74) is 2.68. The van der Waals surface area contributed by atoms with Crippen molar-refractivity contribution in [1.29, 1.82) is 1.43 Å².